The van der Waals surface area contributed by atoms with Crippen LogP contribution in [0.5, 0.6) is 0 Å². The predicted molar refractivity (Wildman–Crippen MR) is 88.4 cm³/mol. The Labute approximate surface area is 134 Å². The summed E-state index contributed by atoms with van der Waals surface area (Å²) >= 11 is 1.42. The van der Waals surface area contributed by atoms with Crippen LogP contribution in [0.2, 0.25) is 0 Å². The van der Waals surface area contributed by atoms with Crippen molar-refractivity contribution in [2.75, 3.05) is 11.9 Å². The molecule has 1 heterocycles. The van der Waals surface area contributed by atoms with E-state index in [-0.39, 0.29) is 5.91 Å². The third-order valence-corrected chi connectivity index (χ3v) is 4.12. The summed E-state index contributed by atoms with van der Waals surface area (Å²) in [6, 6.07) is 11.8. The summed E-state index contributed by atoms with van der Waals surface area (Å²) in [5.41, 5.74) is 1.59. The molecule has 22 heavy (non-hydrogen) atoms. The lowest BCUT2D eigenvalue weighted by Gasteiger charge is -2.04. The van der Waals surface area contributed by atoms with E-state index in [2.05, 4.69) is 5.32 Å². The van der Waals surface area contributed by atoms with Crippen molar-refractivity contribution in [1.29, 1.82) is 0 Å². The number of carbonyl (C=O) groups is 2. The van der Waals surface area contributed by atoms with Crippen LogP contribution in [0.15, 0.2) is 36.4 Å². The normalized spacial score (nSPS) is 10.3. The molecule has 0 saturated heterocycles. The van der Waals surface area contributed by atoms with Crippen LogP contribution in [0, 0.1) is 0 Å². The van der Waals surface area contributed by atoms with Crippen LogP contribution >= 0.6 is 11.3 Å². The van der Waals surface area contributed by atoms with Gasteiger partial charge in [0.15, 0.2) is 0 Å². The molecule has 5 heteroatoms. The van der Waals surface area contributed by atoms with E-state index in [4.69, 9.17) is 4.74 Å². The predicted octanol–water partition coefficient (Wildman–Crippen LogP) is 3.86. The molecular weight excluding hydrogens is 298 g/mol. The first-order chi connectivity index (χ1) is 10.6. The second-order valence-electron chi connectivity index (χ2n) is 4.74. The fraction of sp³-hybridized carbons (Fsp3) is 0.294. The number of benzene rings is 1. The van der Waals surface area contributed by atoms with Crippen molar-refractivity contribution in [3.8, 4) is 0 Å². The van der Waals surface area contributed by atoms with Gasteiger partial charge in [0, 0.05) is 17.7 Å². The molecule has 4 nitrogen and oxygen atoms in total. The van der Waals surface area contributed by atoms with Crippen molar-refractivity contribution in [2.24, 2.45) is 0 Å². The molecule has 0 saturated carbocycles. The van der Waals surface area contributed by atoms with Crippen LogP contribution in [-0.2, 0) is 16.0 Å². The maximum absolute atomic E-state index is 12.0. The molecule has 1 aromatic heterocycles. The van der Waals surface area contributed by atoms with Crippen molar-refractivity contribution in [3.63, 3.8) is 0 Å². The number of hydrogen-bond donors (Lipinski definition) is 1. The molecule has 2 aromatic rings. The summed E-state index contributed by atoms with van der Waals surface area (Å²) in [4.78, 5) is 24.7. The van der Waals surface area contributed by atoms with Crippen LogP contribution in [0.3, 0.4) is 0 Å². The number of thiophene rings is 1. The topological polar surface area (TPSA) is 55.4 Å². The summed E-state index contributed by atoms with van der Waals surface area (Å²) < 4.78 is 5.06. The molecule has 0 bridgehead atoms. The quantitative estimate of drug-likeness (QED) is 0.823. The molecule has 1 N–H and O–H groups in total. The lowest BCUT2D eigenvalue weighted by Crippen LogP contribution is -2.12. The maximum atomic E-state index is 12.0. The van der Waals surface area contributed by atoms with Gasteiger partial charge >= 0.3 is 5.97 Å². The van der Waals surface area contributed by atoms with Gasteiger partial charge in [-0.3, -0.25) is 4.79 Å². The van der Waals surface area contributed by atoms with Gasteiger partial charge in [0.1, 0.15) is 5.00 Å². The van der Waals surface area contributed by atoms with Gasteiger partial charge in [0.25, 0.3) is 0 Å². The molecule has 1 aromatic carbocycles. The zero-order chi connectivity index (χ0) is 15.9. The molecule has 0 radical (unpaired) electrons. The zero-order valence-corrected chi connectivity index (χ0v) is 13.5. The first-order valence-corrected chi connectivity index (χ1v) is 8.09. The van der Waals surface area contributed by atoms with Gasteiger partial charge in [0.05, 0.1) is 12.2 Å². The minimum absolute atomic E-state index is 0.112. The Kier molecular flexibility index (Phi) is 5.72. The zero-order valence-electron chi connectivity index (χ0n) is 12.7. The minimum atomic E-state index is -0.399. The smallest absolute Gasteiger partial charge is 0.341 e. The van der Waals surface area contributed by atoms with E-state index < -0.39 is 5.97 Å². The fourth-order valence-electron chi connectivity index (χ4n) is 1.99. The number of rotatable bonds is 6. The molecule has 0 atom stereocenters. The van der Waals surface area contributed by atoms with E-state index in [0.717, 1.165) is 16.9 Å². The van der Waals surface area contributed by atoms with E-state index in [1.165, 1.54) is 11.3 Å². The molecule has 0 aliphatic carbocycles. The number of hydrogen-bond acceptors (Lipinski definition) is 4. The number of nitrogens with one attached hydrogen (secondary N) is 1. The molecule has 0 spiro atoms. The summed E-state index contributed by atoms with van der Waals surface area (Å²) in [6.45, 7) is 3.85. The lowest BCUT2D eigenvalue weighted by molar-refractivity contribution is -0.115. The van der Waals surface area contributed by atoms with Crippen molar-refractivity contribution < 1.29 is 14.3 Å². The van der Waals surface area contributed by atoms with Crippen molar-refractivity contribution in [2.45, 2.75) is 26.7 Å². The second-order valence-corrected chi connectivity index (χ2v) is 5.88. The van der Waals surface area contributed by atoms with Crippen molar-refractivity contribution in [3.05, 3.63) is 52.4 Å². The highest BCUT2D eigenvalue weighted by atomic mass is 32.1. The van der Waals surface area contributed by atoms with Crippen LogP contribution in [0.4, 0.5) is 5.00 Å². The standard InChI is InChI=1S/C17H19NO3S/c1-3-15(19)18-16-14(17(20)21-4-2)11-13(22-16)10-12-8-6-5-7-9-12/h5-9,11H,3-4,10H2,1-2H3,(H,18,19). The first kappa shape index (κ1) is 16.2. The second kappa shape index (κ2) is 7.75. The van der Waals surface area contributed by atoms with Gasteiger partial charge in [-0.1, -0.05) is 37.3 Å². The lowest BCUT2D eigenvalue weighted by atomic mass is 10.1. The molecule has 0 unspecified atom stereocenters. The SMILES string of the molecule is CCOC(=O)c1cc(Cc2ccccc2)sc1NC(=O)CC. The van der Waals surface area contributed by atoms with E-state index in [1.54, 1.807) is 19.9 Å². The van der Waals surface area contributed by atoms with E-state index in [9.17, 15) is 9.59 Å². The third-order valence-electron chi connectivity index (χ3n) is 3.07. The number of carbonyl (C=O) groups excluding carboxylic acids is 2. The van der Waals surface area contributed by atoms with Gasteiger partial charge in [0.2, 0.25) is 5.91 Å². The summed E-state index contributed by atoms with van der Waals surface area (Å²) in [5, 5.41) is 3.35. The van der Waals surface area contributed by atoms with E-state index in [1.807, 2.05) is 30.3 Å². The van der Waals surface area contributed by atoms with Crippen molar-refractivity contribution >= 4 is 28.2 Å². The Morgan fingerprint density at radius 2 is 1.91 bits per heavy atom. The summed E-state index contributed by atoms with van der Waals surface area (Å²) in [7, 11) is 0. The highest BCUT2D eigenvalue weighted by molar-refractivity contribution is 7.16. The van der Waals surface area contributed by atoms with Gasteiger partial charge in [-0.05, 0) is 18.6 Å². The molecule has 1 amide bonds. The van der Waals surface area contributed by atoms with Gasteiger partial charge in [-0.25, -0.2) is 4.79 Å². The van der Waals surface area contributed by atoms with Crippen molar-refractivity contribution in [1.82, 2.24) is 0 Å². The summed E-state index contributed by atoms with van der Waals surface area (Å²) in [5.74, 6) is -0.511. The molecule has 0 aliphatic heterocycles. The van der Waals surface area contributed by atoms with Gasteiger partial charge < -0.3 is 10.1 Å². The van der Waals surface area contributed by atoms with Gasteiger partial charge in [-0.2, -0.15) is 0 Å². The molecular formula is C17H19NO3S. The monoisotopic (exact) mass is 317 g/mol. The molecule has 2 rings (SSSR count). The third kappa shape index (κ3) is 4.18. The molecule has 0 fully saturated rings. The molecule has 116 valence electrons. The van der Waals surface area contributed by atoms with Crippen LogP contribution in [0.1, 0.15) is 41.1 Å². The number of amides is 1. The first-order valence-electron chi connectivity index (χ1n) is 7.27. The minimum Gasteiger partial charge on any atom is -0.462 e. The van der Waals surface area contributed by atoms with Crippen LogP contribution < -0.4 is 5.32 Å². The Morgan fingerprint density at radius 3 is 2.55 bits per heavy atom. The Bertz CT molecular complexity index is 649. The largest absolute Gasteiger partial charge is 0.462 e. The fourth-order valence-corrected chi connectivity index (χ4v) is 3.09. The maximum Gasteiger partial charge on any atom is 0.341 e. The molecule has 0 aliphatic rings. The Morgan fingerprint density at radius 1 is 1.18 bits per heavy atom. The highest BCUT2D eigenvalue weighted by Gasteiger charge is 2.18. The van der Waals surface area contributed by atoms with Crippen LogP contribution in [-0.4, -0.2) is 18.5 Å². The van der Waals surface area contributed by atoms with Crippen LogP contribution in [0.25, 0.3) is 0 Å². The van der Waals surface area contributed by atoms with E-state index >= 15 is 0 Å². The highest BCUT2D eigenvalue weighted by Crippen LogP contribution is 2.30. The number of esters is 1. The Balaban J connectivity index is 2.26. The van der Waals surface area contributed by atoms with E-state index in [0.29, 0.717) is 23.6 Å². The number of ether oxygens (including phenoxy) is 1. The van der Waals surface area contributed by atoms with Gasteiger partial charge in [-0.15, -0.1) is 11.3 Å². The number of anilines is 1. The average molecular weight is 317 g/mol. The summed E-state index contributed by atoms with van der Waals surface area (Å²) in [6.07, 6.45) is 1.09. The Hall–Kier alpha value is -2.14. The average Bonchev–Trinajstić information content (AvgIpc) is 2.91.